The van der Waals surface area contributed by atoms with E-state index in [0.717, 1.165) is 25.0 Å². The fourth-order valence-corrected chi connectivity index (χ4v) is 2.55. The van der Waals surface area contributed by atoms with Crippen LogP contribution in [0, 0.1) is 18.8 Å². The van der Waals surface area contributed by atoms with Crippen molar-refractivity contribution in [1.29, 1.82) is 0 Å². The summed E-state index contributed by atoms with van der Waals surface area (Å²) in [6.45, 7) is 2.45. The van der Waals surface area contributed by atoms with Crippen molar-refractivity contribution in [3.63, 3.8) is 0 Å². The average Bonchev–Trinajstić information content (AvgIpc) is 2.84. The zero-order chi connectivity index (χ0) is 13.8. The molecule has 0 amide bonds. The number of carbonyl (C=O) groups is 1. The van der Waals surface area contributed by atoms with E-state index in [4.69, 9.17) is 9.84 Å². The Balaban J connectivity index is 1.98. The molecule has 1 fully saturated rings. The van der Waals surface area contributed by atoms with Gasteiger partial charge in [-0.15, -0.1) is 0 Å². The molecule has 1 aromatic heterocycles. The van der Waals surface area contributed by atoms with Gasteiger partial charge in [-0.25, -0.2) is 4.98 Å². The monoisotopic (exact) mass is 265 g/mol. The second kappa shape index (κ2) is 5.86. The number of ether oxygens (including phenoxy) is 1. The summed E-state index contributed by atoms with van der Waals surface area (Å²) >= 11 is 0. The Morgan fingerprint density at radius 3 is 3.00 bits per heavy atom. The van der Waals surface area contributed by atoms with E-state index in [9.17, 15) is 4.79 Å². The van der Waals surface area contributed by atoms with Crippen molar-refractivity contribution in [1.82, 2.24) is 9.97 Å². The van der Waals surface area contributed by atoms with Crippen LogP contribution >= 0.6 is 0 Å². The Kier molecular flexibility index (Phi) is 4.19. The molecule has 1 aromatic rings. The summed E-state index contributed by atoms with van der Waals surface area (Å²) in [5, 5.41) is 12.2. The number of nitrogens with one attached hydrogen (secondary N) is 1. The lowest BCUT2D eigenvalue weighted by Crippen LogP contribution is -2.25. The summed E-state index contributed by atoms with van der Waals surface area (Å²) < 4.78 is 5.08. The van der Waals surface area contributed by atoms with Crippen molar-refractivity contribution in [3.8, 4) is 5.88 Å². The number of aromatic nitrogens is 2. The highest BCUT2D eigenvalue weighted by Crippen LogP contribution is 2.31. The molecule has 0 aliphatic heterocycles. The molecule has 2 N–H and O–H groups in total. The topological polar surface area (TPSA) is 84.3 Å². The molecule has 2 rings (SSSR count). The molecule has 1 saturated carbocycles. The minimum absolute atomic E-state index is 0.146. The quantitative estimate of drug-likeness (QED) is 0.843. The maximum Gasteiger partial charge on any atom is 0.306 e. The number of anilines is 1. The summed E-state index contributed by atoms with van der Waals surface area (Å²) in [4.78, 5) is 19.6. The van der Waals surface area contributed by atoms with Crippen molar-refractivity contribution in [2.24, 2.45) is 11.8 Å². The van der Waals surface area contributed by atoms with Gasteiger partial charge in [0.25, 0.3) is 0 Å². The molecule has 0 radical (unpaired) electrons. The van der Waals surface area contributed by atoms with Crippen molar-refractivity contribution < 1.29 is 14.6 Å². The third-order valence-corrected chi connectivity index (χ3v) is 3.54. The van der Waals surface area contributed by atoms with E-state index in [0.29, 0.717) is 18.4 Å². The van der Waals surface area contributed by atoms with Gasteiger partial charge in [-0.1, -0.05) is 6.42 Å². The van der Waals surface area contributed by atoms with Gasteiger partial charge in [-0.2, -0.15) is 4.98 Å². The SMILES string of the molecule is COc1cc(C)nc(NCC2CCCC2C(=O)O)n1. The molecule has 1 heterocycles. The van der Waals surface area contributed by atoms with E-state index >= 15 is 0 Å². The molecule has 1 aliphatic carbocycles. The maximum atomic E-state index is 11.1. The number of carboxylic acid groups (broad SMARTS) is 1. The Hall–Kier alpha value is -1.85. The number of carboxylic acids is 1. The Bertz CT molecular complexity index is 464. The van der Waals surface area contributed by atoms with Gasteiger partial charge in [-0.3, -0.25) is 4.79 Å². The molecule has 2 atom stereocenters. The van der Waals surface area contributed by atoms with E-state index in [-0.39, 0.29) is 11.8 Å². The third kappa shape index (κ3) is 3.33. The lowest BCUT2D eigenvalue weighted by Gasteiger charge is -2.16. The number of hydrogen-bond acceptors (Lipinski definition) is 5. The Labute approximate surface area is 112 Å². The normalized spacial score (nSPS) is 22.2. The zero-order valence-corrected chi connectivity index (χ0v) is 11.2. The summed E-state index contributed by atoms with van der Waals surface area (Å²) in [6, 6.07) is 1.75. The van der Waals surface area contributed by atoms with Gasteiger partial charge in [0, 0.05) is 18.3 Å². The molecule has 6 heteroatoms. The summed E-state index contributed by atoms with van der Waals surface area (Å²) in [7, 11) is 1.56. The van der Waals surface area contributed by atoms with Gasteiger partial charge in [0.05, 0.1) is 13.0 Å². The van der Waals surface area contributed by atoms with Crippen LogP contribution in [0.4, 0.5) is 5.95 Å². The second-order valence-electron chi connectivity index (χ2n) is 4.89. The van der Waals surface area contributed by atoms with Crippen LogP contribution in [-0.4, -0.2) is 34.7 Å². The first-order valence-electron chi connectivity index (χ1n) is 6.46. The number of nitrogens with zero attached hydrogens (tertiary/aromatic N) is 2. The molecule has 0 saturated heterocycles. The molecule has 104 valence electrons. The van der Waals surface area contributed by atoms with Crippen LogP contribution in [0.3, 0.4) is 0 Å². The van der Waals surface area contributed by atoms with E-state index in [1.54, 1.807) is 13.2 Å². The third-order valence-electron chi connectivity index (χ3n) is 3.54. The molecule has 19 heavy (non-hydrogen) atoms. The lowest BCUT2D eigenvalue weighted by atomic mass is 9.96. The molecular weight excluding hydrogens is 246 g/mol. The van der Waals surface area contributed by atoms with Gasteiger partial charge in [-0.05, 0) is 25.7 Å². The van der Waals surface area contributed by atoms with Crippen molar-refractivity contribution in [3.05, 3.63) is 11.8 Å². The molecule has 2 unspecified atom stereocenters. The highest BCUT2D eigenvalue weighted by Gasteiger charge is 2.32. The minimum atomic E-state index is -0.702. The molecular formula is C13H19N3O3. The van der Waals surface area contributed by atoms with Gasteiger partial charge in [0.15, 0.2) is 0 Å². The number of aryl methyl sites for hydroxylation is 1. The molecule has 0 bridgehead atoms. The Morgan fingerprint density at radius 2 is 2.32 bits per heavy atom. The number of hydrogen-bond donors (Lipinski definition) is 2. The fraction of sp³-hybridized carbons (Fsp3) is 0.615. The number of aliphatic carboxylic acids is 1. The molecule has 6 nitrogen and oxygen atoms in total. The highest BCUT2D eigenvalue weighted by atomic mass is 16.5. The van der Waals surface area contributed by atoms with Crippen LogP contribution in [-0.2, 0) is 4.79 Å². The number of methoxy groups -OCH3 is 1. The smallest absolute Gasteiger partial charge is 0.306 e. The van der Waals surface area contributed by atoms with E-state index in [1.807, 2.05) is 6.92 Å². The van der Waals surface area contributed by atoms with Crippen molar-refractivity contribution >= 4 is 11.9 Å². The zero-order valence-electron chi connectivity index (χ0n) is 11.2. The predicted molar refractivity (Wildman–Crippen MR) is 70.3 cm³/mol. The van der Waals surface area contributed by atoms with Crippen LogP contribution in [0.1, 0.15) is 25.0 Å². The first-order chi connectivity index (χ1) is 9.10. The van der Waals surface area contributed by atoms with E-state index < -0.39 is 5.97 Å². The average molecular weight is 265 g/mol. The second-order valence-corrected chi connectivity index (χ2v) is 4.89. The first-order valence-corrected chi connectivity index (χ1v) is 6.46. The molecule has 1 aliphatic rings. The number of rotatable bonds is 5. The highest BCUT2D eigenvalue weighted by molar-refractivity contribution is 5.70. The van der Waals surface area contributed by atoms with Crippen LogP contribution in [0.15, 0.2) is 6.07 Å². The fourth-order valence-electron chi connectivity index (χ4n) is 2.55. The first kappa shape index (κ1) is 13.6. The van der Waals surface area contributed by atoms with Gasteiger partial charge < -0.3 is 15.2 Å². The standard InChI is InChI=1S/C13H19N3O3/c1-8-6-11(19-2)16-13(15-8)14-7-9-4-3-5-10(9)12(17)18/h6,9-10H,3-5,7H2,1-2H3,(H,17,18)(H,14,15,16). The minimum Gasteiger partial charge on any atom is -0.481 e. The van der Waals surface area contributed by atoms with Crippen LogP contribution in [0.2, 0.25) is 0 Å². The summed E-state index contributed by atoms with van der Waals surface area (Å²) in [6.07, 6.45) is 2.67. The Morgan fingerprint density at radius 1 is 1.53 bits per heavy atom. The predicted octanol–water partition coefficient (Wildman–Crippen LogP) is 1.71. The van der Waals surface area contributed by atoms with Crippen LogP contribution < -0.4 is 10.1 Å². The largest absolute Gasteiger partial charge is 0.481 e. The van der Waals surface area contributed by atoms with Crippen molar-refractivity contribution in [2.45, 2.75) is 26.2 Å². The molecule has 0 aromatic carbocycles. The summed E-state index contributed by atoms with van der Waals surface area (Å²) in [5.74, 6) is 0.197. The van der Waals surface area contributed by atoms with Crippen molar-refractivity contribution in [2.75, 3.05) is 19.0 Å². The maximum absolute atomic E-state index is 11.1. The van der Waals surface area contributed by atoms with Gasteiger partial charge in [0.1, 0.15) is 0 Å². The van der Waals surface area contributed by atoms with Crippen LogP contribution in [0.25, 0.3) is 0 Å². The van der Waals surface area contributed by atoms with E-state index in [1.165, 1.54) is 0 Å². The summed E-state index contributed by atoms with van der Waals surface area (Å²) in [5.41, 5.74) is 0.815. The van der Waals surface area contributed by atoms with E-state index in [2.05, 4.69) is 15.3 Å². The van der Waals surface area contributed by atoms with Crippen LogP contribution in [0.5, 0.6) is 5.88 Å². The van der Waals surface area contributed by atoms with Gasteiger partial charge >= 0.3 is 5.97 Å². The lowest BCUT2D eigenvalue weighted by molar-refractivity contribution is -0.142. The van der Waals surface area contributed by atoms with Gasteiger partial charge in [0.2, 0.25) is 11.8 Å². The molecule has 0 spiro atoms.